The summed E-state index contributed by atoms with van der Waals surface area (Å²) in [5.74, 6) is 0.795. The molecule has 76 valence electrons. The van der Waals surface area contributed by atoms with Crippen molar-refractivity contribution in [2.45, 2.75) is 12.8 Å². The number of rotatable bonds is 1. The summed E-state index contributed by atoms with van der Waals surface area (Å²) in [7, 11) is 0. The van der Waals surface area contributed by atoms with Gasteiger partial charge >= 0.3 is 0 Å². The van der Waals surface area contributed by atoms with Crippen LogP contribution in [0.25, 0.3) is 0 Å². The van der Waals surface area contributed by atoms with E-state index in [1.54, 1.807) is 11.1 Å². The number of anilines is 2. The van der Waals surface area contributed by atoms with Crippen LogP contribution >= 0.6 is 11.6 Å². The van der Waals surface area contributed by atoms with Gasteiger partial charge in [0.15, 0.2) is 5.82 Å². The maximum Gasteiger partial charge on any atom is 0.223 e. The molecule has 1 aliphatic rings. The van der Waals surface area contributed by atoms with Crippen LogP contribution in [-0.4, -0.2) is 23.1 Å². The lowest BCUT2D eigenvalue weighted by molar-refractivity contribution is 0.0761. The van der Waals surface area contributed by atoms with Crippen molar-refractivity contribution in [3.63, 3.8) is 0 Å². The third kappa shape index (κ3) is 2.05. The van der Waals surface area contributed by atoms with Crippen molar-refractivity contribution in [1.29, 1.82) is 0 Å². The Balaban J connectivity index is 2.21. The van der Waals surface area contributed by atoms with Crippen molar-refractivity contribution in [2.24, 2.45) is 0 Å². The van der Waals surface area contributed by atoms with E-state index in [9.17, 15) is 0 Å². The first-order valence-corrected chi connectivity index (χ1v) is 4.84. The highest BCUT2D eigenvalue weighted by Gasteiger charge is 2.14. The van der Waals surface area contributed by atoms with Crippen molar-refractivity contribution in [1.82, 2.24) is 9.97 Å². The zero-order chi connectivity index (χ0) is 9.97. The zero-order valence-electron chi connectivity index (χ0n) is 7.61. The molecule has 1 saturated heterocycles. The second-order valence-electron chi connectivity index (χ2n) is 3.05. The Morgan fingerprint density at radius 3 is 2.93 bits per heavy atom. The minimum atomic E-state index is 0.168. The highest BCUT2D eigenvalue weighted by atomic mass is 35.5. The van der Waals surface area contributed by atoms with E-state index in [-0.39, 0.29) is 5.95 Å². The normalized spacial score (nSPS) is 17.1. The van der Waals surface area contributed by atoms with Gasteiger partial charge in [-0.25, -0.2) is 10.0 Å². The van der Waals surface area contributed by atoms with Crippen LogP contribution < -0.4 is 10.8 Å². The van der Waals surface area contributed by atoms with Crippen molar-refractivity contribution in [2.75, 3.05) is 23.9 Å². The Hall–Kier alpha value is -1.07. The molecule has 0 amide bonds. The van der Waals surface area contributed by atoms with Gasteiger partial charge in [0.1, 0.15) is 5.15 Å². The molecule has 0 bridgehead atoms. The molecule has 0 aromatic carbocycles. The number of hydrogen-bond donors (Lipinski definition) is 1. The lowest BCUT2D eigenvalue weighted by atomic mass is 10.3. The number of hydrogen-bond acceptors (Lipinski definition) is 5. The molecule has 1 aromatic heterocycles. The summed E-state index contributed by atoms with van der Waals surface area (Å²) in [4.78, 5) is 13.2. The molecule has 2 rings (SSSR count). The maximum absolute atomic E-state index is 5.76. The largest absolute Gasteiger partial charge is 0.368 e. The second-order valence-corrected chi connectivity index (χ2v) is 3.44. The molecular weight excluding hydrogens is 204 g/mol. The number of hydroxylamine groups is 1. The Morgan fingerprint density at radius 1 is 1.43 bits per heavy atom. The molecule has 0 spiro atoms. The molecule has 0 unspecified atom stereocenters. The third-order valence-electron chi connectivity index (χ3n) is 1.96. The predicted octanol–water partition coefficient (Wildman–Crippen LogP) is 1.24. The van der Waals surface area contributed by atoms with Gasteiger partial charge in [0.2, 0.25) is 5.95 Å². The summed E-state index contributed by atoms with van der Waals surface area (Å²) in [6.07, 6.45) is 2.16. The van der Waals surface area contributed by atoms with E-state index in [2.05, 4.69) is 9.97 Å². The number of nitrogen functional groups attached to an aromatic ring is 1. The van der Waals surface area contributed by atoms with Gasteiger partial charge in [-0.05, 0) is 12.8 Å². The number of nitrogens with zero attached hydrogens (tertiary/aromatic N) is 3. The van der Waals surface area contributed by atoms with Gasteiger partial charge in [-0.3, -0.25) is 4.84 Å². The molecule has 0 atom stereocenters. The third-order valence-corrected chi connectivity index (χ3v) is 2.15. The Labute approximate surface area is 86.8 Å². The molecule has 14 heavy (non-hydrogen) atoms. The molecule has 1 aromatic rings. The predicted molar refractivity (Wildman–Crippen MR) is 54.0 cm³/mol. The fraction of sp³-hybridized carbons (Fsp3) is 0.500. The number of aromatic nitrogens is 2. The molecule has 5 nitrogen and oxygen atoms in total. The van der Waals surface area contributed by atoms with Crippen molar-refractivity contribution < 1.29 is 4.84 Å². The van der Waals surface area contributed by atoms with Gasteiger partial charge in [0.05, 0.1) is 6.61 Å². The van der Waals surface area contributed by atoms with Crippen LogP contribution in [0.1, 0.15) is 12.8 Å². The monoisotopic (exact) mass is 214 g/mol. The summed E-state index contributed by atoms with van der Waals surface area (Å²) in [5.41, 5.74) is 5.48. The van der Waals surface area contributed by atoms with E-state index in [0.717, 1.165) is 19.4 Å². The molecule has 0 aliphatic carbocycles. The molecular formula is C8H11ClN4O. The minimum Gasteiger partial charge on any atom is -0.368 e. The van der Waals surface area contributed by atoms with Crippen LogP contribution in [0.4, 0.5) is 11.8 Å². The molecule has 6 heteroatoms. The SMILES string of the molecule is Nc1nc(Cl)cc(N2CCCCO2)n1. The fourth-order valence-corrected chi connectivity index (χ4v) is 1.51. The second kappa shape index (κ2) is 3.98. The van der Waals surface area contributed by atoms with Crippen LogP contribution in [0.3, 0.4) is 0 Å². The van der Waals surface area contributed by atoms with Crippen molar-refractivity contribution >= 4 is 23.4 Å². The van der Waals surface area contributed by atoms with Gasteiger partial charge in [-0.2, -0.15) is 4.98 Å². The van der Waals surface area contributed by atoms with Gasteiger partial charge in [-0.1, -0.05) is 11.6 Å². The average molecular weight is 215 g/mol. The summed E-state index contributed by atoms with van der Waals surface area (Å²) >= 11 is 5.76. The van der Waals surface area contributed by atoms with Gasteiger partial charge in [0, 0.05) is 12.6 Å². The standard InChI is InChI=1S/C8H11ClN4O/c9-6-5-7(12-8(10)11-6)13-3-1-2-4-14-13/h5H,1-4H2,(H2,10,11,12). The van der Waals surface area contributed by atoms with Crippen molar-refractivity contribution in [3.8, 4) is 0 Å². The van der Waals surface area contributed by atoms with E-state index >= 15 is 0 Å². The lowest BCUT2D eigenvalue weighted by Gasteiger charge is -2.26. The summed E-state index contributed by atoms with van der Waals surface area (Å²) in [6, 6.07) is 1.64. The van der Waals surface area contributed by atoms with E-state index in [1.165, 1.54) is 0 Å². The van der Waals surface area contributed by atoms with E-state index in [0.29, 0.717) is 17.6 Å². The first-order chi connectivity index (χ1) is 6.75. The van der Waals surface area contributed by atoms with E-state index in [4.69, 9.17) is 22.2 Å². The van der Waals surface area contributed by atoms with E-state index < -0.39 is 0 Å². The summed E-state index contributed by atoms with van der Waals surface area (Å²) in [5, 5.41) is 2.04. The first-order valence-electron chi connectivity index (χ1n) is 4.46. The van der Waals surface area contributed by atoms with Crippen molar-refractivity contribution in [3.05, 3.63) is 11.2 Å². The van der Waals surface area contributed by atoms with Crippen LogP contribution in [0.2, 0.25) is 5.15 Å². The fourth-order valence-electron chi connectivity index (χ4n) is 1.33. The van der Waals surface area contributed by atoms with Gasteiger partial charge in [0.25, 0.3) is 0 Å². The van der Waals surface area contributed by atoms with Crippen LogP contribution in [0, 0.1) is 0 Å². The smallest absolute Gasteiger partial charge is 0.223 e. The molecule has 2 heterocycles. The molecule has 1 aliphatic heterocycles. The maximum atomic E-state index is 5.76. The first kappa shape index (κ1) is 9.48. The summed E-state index contributed by atoms with van der Waals surface area (Å²) < 4.78 is 0. The minimum absolute atomic E-state index is 0.168. The Kier molecular flexibility index (Phi) is 2.69. The zero-order valence-corrected chi connectivity index (χ0v) is 8.37. The highest BCUT2D eigenvalue weighted by molar-refractivity contribution is 6.29. The molecule has 2 N–H and O–H groups in total. The molecule has 0 radical (unpaired) electrons. The Morgan fingerprint density at radius 2 is 2.29 bits per heavy atom. The van der Waals surface area contributed by atoms with Gasteiger partial charge in [-0.15, -0.1) is 0 Å². The van der Waals surface area contributed by atoms with Crippen LogP contribution in [0.5, 0.6) is 0 Å². The molecule has 0 saturated carbocycles. The highest BCUT2D eigenvalue weighted by Crippen LogP contribution is 2.19. The summed E-state index contributed by atoms with van der Waals surface area (Å²) in [6.45, 7) is 1.52. The lowest BCUT2D eigenvalue weighted by Crippen LogP contribution is -2.30. The van der Waals surface area contributed by atoms with Crippen LogP contribution in [0.15, 0.2) is 6.07 Å². The number of halogens is 1. The molecule has 1 fully saturated rings. The topological polar surface area (TPSA) is 64.3 Å². The number of nitrogens with two attached hydrogens (primary N) is 1. The quantitative estimate of drug-likeness (QED) is 0.713. The Bertz CT molecular complexity index is 307. The average Bonchev–Trinajstić information content (AvgIpc) is 2.18. The van der Waals surface area contributed by atoms with Gasteiger partial charge < -0.3 is 5.73 Å². The van der Waals surface area contributed by atoms with E-state index in [1.807, 2.05) is 0 Å². The van der Waals surface area contributed by atoms with Crippen LogP contribution in [-0.2, 0) is 4.84 Å².